The molecule has 32 heavy (non-hydrogen) atoms. The van der Waals surface area contributed by atoms with Crippen molar-refractivity contribution in [2.75, 3.05) is 18.5 Å². The van der Waals surface area contributed by atoms with Crippen LogP contribution in [-0.4, -0.2) is 54.9 Å². The van der Waals surface area contributed by atoms with Crippen LogP contribution >= 0.6 is 11.6 Å². The topological polar surface area (TPSA) is 117 Å². The molecule has 0 radical (unpaired) electrons. The van der Waals surface area contributed by atoms with E-state index in [1.807, 2.05) is 26.0 Å². The van der Waals surface area contributed by atoms with Crippen molar-refractivity contribution in [2.24, 2.45) is 0 Å². The van der Waals surface area contributed by atoms with E-state index in [0.29, 0.717) is 28.5 Å². The number of anilines is 1. The lowest BCUT2D eigenvalue weighted by Gasteiger charge is -2.18. The van der Waals surface area contributed by atoms with Crippen molar-refractivity contribution in [1.82, 2.24) is 29.7 Å². The summed E-state index contributed by atoms with van der Waals surface area (Å²) in [7, 11) is 0. The molecule has 1 amide bonds. The maximum Gasteiger partial charge on any atom is 0.269 e. The average molecular weight is 454 g/mol. The van der Waals surface area contributed by atoms with E-state index in [9.17, 15) is 4.79 Å². The summed E-state index contributed by atoms with van der Waals surface area (Å²) in [4.78, 5) is 29.8. The van der Waals surface area contributed by atoms with Crippen molar-refractivity contribution in [3.05, 3.63) is 59.9 Å². The van der Waals surface area contributed by atoms with Gasteiger partial charge < -0.3 is 14.8 Å². The monoisotopic (exact) mass is 453 g/mol. The molecule has 1 unspecified atom stereocenters. The normalized spacial score (nSPS) is 12.0. The van der Waals surface area contributed by atoms with Crippen LogP contribution < -0.4 is 10.1 Å². The van der Waals surface area contributed by atoms with Gasteiger partial charge in [0.2, 0.25) is 12.0 Å². The number of nitrogens with one attached hydrogen (secondary N) is 1. The zero-order chi connectivity index (χ0) is 22.5. The van der Waals surface area contributed by atoms with Crippen LogP contribution in [0.4, 0.5) is 5.82 Å². The first-order valence-corrected chi connectivity index (χ1v) is 10.2. The van der Waals surface area contributed by atoms with Crippen LogP contribution in [0.1, 0.15) is 12.6 Å². The molecule has 0 fully saturated rings. The number of fused-ring (bicyclic) bond motifs is 1. The number of rotatable bonds is 8. The Morgan fingerprint density at radius 2 is 2.06 bits per heavy atom. The minimum Gasteiger partial charge on any atom is -0.461 e. The van der Waals surface area contributed by atoms with Crippen LogP contribution in [0.5, 0.6) is 5.88 Å². The molecule has 4 aromatic heterocycles. The van der Waals surface area contributed by atoms with E-state index >= 15 is 0 Å². The van der Waals surface area contributed by atoms with Gasteiger partial charge in [-0.05, 0) is 38.1 Å². The van der Waals surface area contributed by atoms with Gasteiger partial charge in [0.25, 0.3) is 5.91 Å². The van der Waals surface area contributed by atoms with Crippen molar-refractivity contribution in [1.29, 1.82) is 0 Å². The molecular formula is C21H20ClN7O3. The average Bonchev–Trinajstić information content (AvgIpc) is 3.23. The Balaban J connectivity index is 1.62. The Morgan fingerprint density at radius 1 is 1.19 bits per heavy atom. The van der Waals surface area contributed by atoms with Crippen LogP contribution in [0.25, 0.3) is 16.7 Å². The zero-order valence-electron chi connectivity index (χ0n) is 17.4. The van der Waals surface area contributed by atoms with Crippen molar-refractivity contribution in [3.8, 4) is 11.6 Å². The lowest BCUT2D eigenvalue weighted by Crippen LogP contribution is -2.37. The molecule has 0 aliphatic rings. The van der Waals surface area contributed by atoms with Crippen molar-refractivity contribution >= 4 is 34.4 Å². The van der Waals surface area contributed by atoms with Gasteiger partial charge in [-0.1, -0.05) is 11.6 Å². The number of pyridine rings is 2. The smallest absolute Gasteiger partial charge is 0.269 e. The molecule has 0 bridgehead atoms. The van der Waals surface area contributed by atoms with E-state index in [1.165, 1.54) is 12.5 Å². The van der Waals surface area contributed by atoms with Gasteiger partial charge in [-0.25, -0.2) is 19.6 Å². The van der Waals surface area contributed by atoms with Crippen molar-refractivity contribution < 1.29 is 14.3 Å². The third-order valence-corrected chi connectivity index (χ3v) is 4.76. The van der Waals surface area contributed by atoms with Crippen LogP contribution in [0.15, 0.2) is 49.2 Å². The quantitative estimate of drug-likeness (QED) is 0.432. The van der Waals surface area contributed by atoms with Gasteiger partial charge in [0, 0.05) is 19.0 Å². The molecule has 4 aromatic rings. The van der Waals surface area contributed by atoms with E-state index < -0.39 is 12.0 Å². The summed E-state index contributed by atoms with van der Waals surface area (Å²) in [5, 5.41) is 8.13. The Bertz CT molecular complexity index is 1230. The fraction of sp³-hybridized carbons (Fsp3) is 0.238. The summed E-state index contributed by atoms with van der Waals surface area (Å²) in [5.41, 5.74) is 2.10. The number of amides is 1. The minimum atomic E-state index is -0.978. The molecule has 1 N–H and O–H groups in total. The minimum absolute atomic E-state index is 0.0251. The molecule has 0 aromatic carbocycles. The fourth-order valence-electron chi connectivity index (χ4n) is 2.97. The third kappa shape index (κ3) is 4.66. The second-order valence-corrected chi connectivity index (χ2v) is 7.13. The van der Waals surface area contributed by atoms with Crippen LogP contribution in [0.3, 0.4) is 0 Å². The van der Waals surface area contributed by atoms with Crippen LogP contribution in [0.2, 0.25) is 5.02 Å². The molecule has 4 heterocycles. The van der Waals surface area contributed by atoms with E-state index in [0.717, 1.165) is 11.4 Å². The van der Waals surface area contributed by atoms with Crippen molar-refractivity contribution in [2.45, 2.75) is 20.0 Å². The largest absolute Gasteiger partial charge is 0.461 e. The second kappa shape index (κ2) is 9.67. The number of hydrogen-bond donors (Lipinski definition) is 1. The highest BCUT2D eigenvalue weighted by molar-refractivity contribution is 6.30. The van der Waals surface area contributed by atoms with Crippen molar-refractivity contribution in [3.63, 3.8) is 0 Å². The Kier molecular flexibility index (Phi) is 6.52. The number of carbonyl (C=O) groups is 1. The molecule has 0 saturated heterocycles. The van der Waals surface area contributed by atoms with Crippen LogP contribution in [-0.2, 0) is 9.53 Å². The Hall–Kier alpha value is -3.63. The molecule has 4 rings (SSSR count). The van der Waals surface area contributed by atoms with Gasteiger partial charge in [-0.2, -0.15) is 5.10 Å². The number of carbonyl (C=O) groups excluding carboxylic acids is 1. The summed E-state index contributed by atoms with van der Waals surface area (Å²) < 4.78 is 13.1. The van der Waals surface area contributed by atoms with Gasteiger partial charge in [0.15, 0.2) is 5.65 Å². The van der Waals surface area contributed by atoms with Crippen LogP contribution in [0, 0.1) is 6.92 Å². The number of hydrogen-bond acceptors (Lipinski definition) is 8. The predicted molar refractivity (Wildman–Crippen MR) is 118 cm³/mol. The molecule has 0 saturated carbocycles. The van der Waals surface area contributed by atoms with Gasteiger partial charge in [-0.3, -0.25) is 9.78 Å². The molecule has 0 spiro atoms. The Morgan fingerprint density at radius 3 is 2.81 bits per heavy atom. The number of ether oxygens (including phenoxy) is 2. The number of halogens is 1. The number of nitrogens with zero attached hydrogens (tertiary/aromatic N) is 6. The highest BCUT2D eigenvalue weighted by atomic mass is 35.5. The number of aryl methyl sites for hydroxylation is 1. The predicted octanol–water partition coefficient (Wildman–Crippen LogP) is 2.99. The molecule has 1 atom stereocenters. The second-order valence-electron chi connectivity index (χ2n) is 6.70. The summed E-state index contributed by atoms with van der Waals surface area (Å²) in [5.74, 6) is 0.124. The van der Waals surface area contributed by atoms with Gasteiger partial charge in [0.05, 0.1) is 29.2 Å². The highest BCUT2D eigenvalue weighted by Gasteiger charge is 2.24. The maximum atomic E-state index is 12.9. The zero-order valence-corrected chi connectivity index (χ0v) is 18.2. The Labute approximate surface area is 188 Å². The third-order valence-electron chi connectivity index (χ3n) is 4.53. The SMILES string of the molecule is CCOCC(Oc1ncnc2c1cnn2-c1cccnc1C)C(=O)Nc1ccc(Cl)cn1. The fourth-order valence-corrected chi connectivity index (χ4v) is 3.08. The van der Waals surface area contributed by atoms with Gasteiger partial charge in [-0.15, -0.1) is 0 Å². The molecule has 0 aliphatic carbocycles. The highest BCUT2D eigenvalue weighted by Crippen LogP contribution is 2.25. The van der Waals surface area contributed by atoms with Gasteiger partial charge in [0.1, 0.15) is 17.5 Å². The van der Waals surface area contributed by atoms with E-state index in [1.54, 1.807) is 29.2 Å². The van der Waals surface area contributed by atoms with E-state index in [4.69, 9.17) is 21.1 Å². The molecule has 164 valence electrons. The summed E-state index contributed by atoms with van der Waals surface area (Å²) >= 11 is 5.85. The van der Waals surface area contributed by atoms with Gasteiger partial charge >= 0.3 is 0 Å². The summed E-state index contributed by atoms with van der Waals surface area (Å²) in [6.07, 6.45) is 5.12. The maximum absolute atomic E-state index is 12.9. The summed E-state index contributed by atoms with van der Waals surface area (Å²) in [6.45, 7) is 4.16. The first-order chi connectivity index (χ1) is 15.6. The first-order valence-electron chi connectivity index (χ1n) is 9.84. The number of aromatic nitrogens is 6. The lowest BCUT2D eigenvalue weighted by molar-refractivity contribution is -0.125. The molecular weight excluding hydrogens is 434 g/mol. The van der Waals surface area contributed by atoms with E-state index in [-0.39, 0.29) is 12.5 Å². The molecule has 11 heteroatoms. The molecule has 0 aliphatic heterocycles. The summed E-state index contributed by atoms with van der Waals surface area (Å²) in [6, 6.07) is 6.94. The standard InChI is InChI=1S/C21H20ClN7O3/c1-3-31-11-17(20(30)28-18-7-6-14(22)9-24-18)32-21-15-10-27-29(19(15)25-12-26-21)16-5-4-8-23-13(16)2/h4-10,12,17H,3,11H2,1-2H3,(H,24,28,30). The van der Waals surface area contributed by atoms with E-state index in [2.05, 4.69) is 30.4 Å². The lowest BCUT2D eigenvalue weighted by atomic mass is 10.3. The molecule has 10 nitrogen and oxygen atoms in total. The first kappa shape index (κ1) is 21.6.